The zero-order valence-electron chi connectivity index (χ0n) is 12.5. The number of likely N-dealkylation sites (tertiary alicyclic amines) is 1. The van der Waals surface area contributed by atoms with Gasteiger partial charge in [0, 0.05) is 26.2 Å². The average Bonchev–Trinajstić information content (AvgIpc) is 2.85. The number of nitrogens with one attached hydrogen (secondary N) is 1. The number of rotatable bonds is 9. The van der Waals surface area contributed by atoms with Gasteiger partial charge in [-0.1, -0.05) is 20.8 Å². The Balaban J connectivity index is 2.45. The highest BCUT2D eigenvalue weighted by Crippen LogP contribution is 2.29. The van der Waals surface area contributed by atoms with Crippen molar-refractivity contribution < 1.29 is 5.11 Å². The summed E-state index contributed by atoms with van der Waals surface area (Å²) in [5.74, 6) is 0.514. The van der Waals surface area contributed by atoms with Crippen LogP contribution >= 0.6 is 0 Å². The summed E-state index contributed by atoms with van der Waals surface area (Å²) in [5.41, 5.74) is 0.416. The van der Waals surface area contributed by atoms with Crippen LogP contribution in [0.1, 0.15) is 46.5 Å². The SMILES string of the molecule is CCCNCC(CC)(CC)CN1CCC(CO)C1. The molecule has 0 aromatic heterocycles. The predicted octanol–water partition coefficient (Wildman–Crippen LogP) is 2.11. The van der Waals surface area contributed by atoms with E-state index in [4.69, 9.17) is 0 Å². The minimum Gasteiger partial charge on any atom is -0.396 e. The second kappa shape index (κ2) is 8.13. The largest absolute Gasteiger partial charge is 0.396 e. The molecular formula is C15H32N2O. The molecule has 1 atom stereocenters. The molecule has 0 aliphatic carbocycles. The van der Waals surface area contributed by atoms with Gasteiger partial charge in [-0.2, -0.15) is 0 Å². The molecule has 3 heteroatoms. The van der Waals surface area contributed by atoms with E-state index in [-0.39, 0.29) is 0 Å². The Morgan fingerprint density at radius 3 is 2.50 bits per heavy atom. The fourth-order valence-electron chi connectivity index (χ4n) is 2.99. The highest BCUT2D eigenvalue weighted by atomic mass is 16.3. The van der Waals surface area contributed by atoms with Gasteiger partial charge in [-0.15, -0.1) is 0 Å². The van der Waals surface area contributed by atoms with Crippen LogP contribution in [0.3, 0.4) is 0 Å². The van der Waals surface area contributed by atoms with E-state index in [9.17, 15) is 5.11 Å². The topological polar surface area (TPSA) is 35.5 Å². The maximum atomic E-state index is 9.23. The zero-order chi connectivity index (χ0) is 13.4. The number of hydrogen-bond acceptors (Lipinski definition) is 3. The Morgan fingerprint density at radius 1 is 1.28 bits per heavy atom. The highest BCUT2D eigenvalue weighted by molar-refractivity contribution is 4.86. The van der Waals surface area contributed by atoms with Crippen LogP contribution in [0.5, 0.6) is 0 Å². The molecule has 0 amide bonds. The van der Waals surface area contributed by atoms with Gasteiger partial charge in [0.15, 0.2) is 0 Å². The third-order valence-electron chi connectivity index (χ3n) is 4.61. The quantitative estimate of drug-likeness (QED) is 0.620. The van der Waals surface area contributed by atoms with Gasteiger partial charge in [0.25, 0.3) is 0 Å². The fraction of sp³-hybridized carbons (Fsp3) is 1.00. The van der Waals surface area contributed by atoms with Crippen molar-refractivity contribution in [2.24, 2.45) is 11.3 Å². The molecule has 3 nitrogen and oxygen atoms in total. The molecule has 108 valence electrons. The Labute approximate surface area is 113 Å². The lowest BCUT2D eigenvalue weighted by Crippen LogP contribution is -2.43. The number of aliphatic hydroxyl groups excluding tert-OH is 1. The summed E-state index contributed by atoms with van der Waals surface area (Å²) in [6.45, 7) is 12.9. The van der Waals surface area contributed by atoms with Crippen LogP contribution < -0.4 is 5.32 Å². The molecule has 1 aliphatic heterocycles. The van der Waals surface area contributed by atoms with Gasteiger partial charge in [0.2, 0.25) is 0 Å². The minimum absolute atomic E-state index is 0.357. The van der Waals surface area contributed by atoms with Gasteiger partial charge in [-0.3, -0.25) is 0 Å². The molecule has 1 heterocycles. The molecule has 0 aromatic carbocycles. The van der Waals surface area contributed by atoms with Crippen molar-refractivity contribution in [1.29, 1.82) is 0 Å². The standard InChI is InChI=1S/C15H32N2O/c1-4-8-16-12-15(5-2,6-3)13-17-9-7-14(10-17)11-18/h14,16,18H,4-13H2,1-3H3. The molecule has 1 rings (SSSR count). The van der Waals surface area contributed by atoms with Crippen LogP contribution in [0.4, 0.5) is 0 Å². The van der Waals surface area contributed by atoms with Gasteiger partial charge in [0.1, 0.15) is 0 Å². The van der Waals surface area contributed by atoms with Crippen molar-refractivity contribution in [1.82, 2.24) is 10.2 Å². The summed E-state index contributed by atoms with van der Waals surface area (Å²) < 4.78 is 0. The monoisotopic (exact) mass is 256 g/mol. The van der Waals surface area contributed by atoms with Crippen LogP contribution in [0, 0.1) is 11.3 Å². The van der Waals surface area contributed by atoms with Crippen molar-refractivity contribution >= 4 is 0 Å². The third kappa shape index (κ3) is 4.52. The summed E-state index contributed by atoms with van der Waals surface area (Å²) in [4.78, 5) is 2.56. The van der Waals surface area contributed by atoms with Crippen LogP contribution in [-0.2, 0) is 0 Å². The molecule has 0 bridgehead atoms. The van der Waals surface area contributed by atoms with E-state index in [2.05, 4.69) is 31.0 Å². The number of hydrogen-bond donors (Lipinski definition) is 2. The third-order valence-corrected chi connectivity index (χ3v) is 4.61. The predicted molar refractivity (Wildman–Crippen MR) is 77.8 cm³/mol. The molecule has 2 N–H and O–H groups in total. The van der Waals surface area contributed by atoms with Crippen molar-refractivity contribution in [2.75, 3.05) is 39.3 Å². The Bertz CT molecular complexity index is 217. The summed E-state index contributed by atoms with van der Waals surface area (Å²) in [5, 5.41) is 12.8. The van der Waals surface area contributed by atoms with Crippen LogP contribution in [0.2, 0.25) is 0 Å². The van der Waals surface area contributed by atoms with E-state index in [0.717, 1.165) is 19.6 Å². The van der Waals surface area contributed by atoms with E-state index in [1.807, 2.05) is 0 Å². The Morgan fingerprint density at radius 2 is 2.00 bits per heavy atom. The van der Waals surface area contributed by atoms with E-state index in [1.54, 1.807) is 0 Å². The molecule has 0 spiro atoms. The Hall–Kier alpha value is -0.120. The first-order valence-corrected chi connectivity index (χ1v) is 7.73. The molecule has 1 unspecified atom stereocenters. The van der Waals surface area contributed by atoms with Crippen molar-refractivity contribution in [3.63, 3.8) is 0 Å². The molecule has 0 saturated carbocycles. The zero-order valence-corrected chi connectivity index (χ0v) is 12.5. The lowest BCUT2D eigenvalue weighted by molar-refractivity contribution is 0.145. The molecular weight excluding hydrogens is 224 g/mol. The normalized spacial score (nSPS) is 21.7. The summed E-state index contributed by atoms with van der Waals surface area (Å²) in [7, 11) is 0. The number of nitrogens with zero attached hydrogens (tertiary/aromatic N) is 1. The van der Waals surface area contributed by atoms with Gasteiger partial charge in [-0.25, -0.2) is 0 Å². The smallest absolute Gasteiger partial charge is 0.0471 e. The van der Waals surface area contributed by atoms with E-state index in [0.29, 0.717) is 17.9 Å². The fourth-order valence-corrected chi connectivity index (χ4v) is 2.99. The maximum absolute atomic E-state index is 9.23. The van der Waals surface area contributed by atoms with Gasteiger partial charge in [-0.05, 0) is 50.1 Å². The highest BCUT2D eigenvalue weighted by Gasteiger charge is 2.31. The van der Waals surface area contributed by atoms with Crippen LogP contribution in [-0.4, -0.2) is 49.3 Å². The van der Waals surface area contributed by atoms with Crippen molar-refractivity contribution in [3.8, 4) is 0 Å². The molecule has 18 heavy (non-hydrogen) atoms. The van der Waals surface area contributed by atoms with Crippen molar-refractivity contribution in [2.45, 2.75) is 46.5 Å². The molecule has 0 aromatic rings. The summed E-state index contributed by atoms with van der Waals surface area (Å²) >= 11 is 0. The van der Waals surface area contributed by atoms with Gasteiger partial charge < -0.3 is 15.3 Å². The summed E-state index contributed by atoms with van der Waals surface area (Å²) in [6.07, 6.45) is 4.85. The van der Waals surface area contributed by atoms with Crippen LogP contribution in [0.15, 0.2) is 0 Å². The van der Waals surface area contributed by atoms with E-state index >= 15 is 0 Å². The molecule has 1 fully saturated rings. The first kappa shape index (κ1) is 15.9. The first-order chi connectivity index (χ1) is 8.69. The average molecular weight is 256 g/mol. The van der Waals surface area contributed by atoms with Gasteiger partial charge >= 0.3 is 0 Å². The van der Waals surface area contributed by atoms with E-state index in [1.165, 1.54) is 38.8 Å². The van der Waals surface area contributed by atoms with Crippen molar-refractivity contribution in [3.05, 3.63) is 0 Å². The molecule has 1 saturated heterocycles. The maximum Gasteiger partial charge on any atom is 0.0471 e. The molecule has 1 aliphatic rings. The second-order valence-corrected chi connectivity index (χ2v) is 5.96. The number of aliphatic hydroxyl groups is 1. The Kier molecular flexibility index (Phi) is 7.20. The van der Waals surface area contributed by atoms with E-state index < -0.39 is 0 Å². The van der Waals surface area contributed by atoms with Gasteiger partial charge in [0.05, 0.1) is 0 Å². The lowest BCUT2D eigenvalue weighted by Gasteiger charge is -2.36. The lowest BCUT2D eigenvalue weighted by atomic mass is 9.81. The molecule has 0 radical (unpaired) electrons. The second-order valence-electron chi connectivity index (χ2n) is 5.96. The summed E-state index contributed by atoms with van der Waals surface area (Å²) in [6, 6.07) is 0. The first-order valence-electron chi connectivity index (χ1n) is 7.73. The van der Waals surface area contributed by atoms with Crippen LogP contribution in [0.25, 0.3) is 0 Å². The minimum atomic E-state index is 0.357.